The first-order chi connectivity index (χ1) is 11.4. The first kappa shape index (κ1) is 16.7. The minimum Gasteiger partial charge on any atom is -0.305 e. The second kappa shape index (κ2) is 6.80. The lowest BCUT2D eigenvalue weighted by molar-refractivity contribution is 0.866. The summed E-state index contributed by atoms with van der Waals surface area (Å²) in [5.41, 5.74) is 2.50. The largest absolute Gasteiger partial charge is 0.305 e. The van der Waals surface area contributed by atoms with Crippen molar-refractivity contribution in [3.63, 3.8) is 0 Å². The quantitative estimate of drug-likeness (QED) is 0.677. The molecule has 0 bridgehead atoms. The van der Waals surface area contributed by atoms with Gasteiger partial charge in [0.15, 0.2) is 5.82 Å². The Balaban J connectivity index is 2.00. The van der Waals surface area contributed by atoms with Gasteiger partial charge in [-0.1, -0.05) is 61.3 Å². The van der Waals surface area contributed by atoms with Gasteiger partial charge < -0.3 is 4.98 Å². The van der Waals surface area contributed by atoms with E-state index < -0.39 is 0 Å². The molecule has 3 nitrogen and oxygen atoms in total. The van der Waals surface area contributed by atoms with Gasteiger partial charge >= 0.3 is 0 Å². The summed E-state index contributed by atoms with van der Waals surface area (Å²) in [7, 11) is 0. The van der Waals surface area contributed by atoms with E-state index in [4.69, 9.17) is 23.2 Å². The Bertz CT molecular complexity index is 973. The van der Waals surface area contributed by atoms with Crippen molar-refractivity contribution in [2.45, 2.75) is 19.8 Å². The van der Waals surface area contributed by atoms with E-state index in [0.29, 0.717) is 32.7 Å². The Hall–Kier alpha value is -2.10. The predicted octanol–water partition coefficient (Wildman–Crippen LogP) is 5.44. The minimum absolute atomic E-state index is 0.265. The summed E-state index contributed by atoms with van der Waals surface area (Å²) in [5.74, 6) is 0.813. The van der Waals surface area contributed by atoms with Crippen molar-refractivity contribution in [3.8, 4) is 0 Å². The van der Waals surface area contributed by atoms with Gasteiger partial charge in [-0.2, -0.15) is 0 Å². The maximum atomic E-state index is 12.2. The van der Waals surface area contributed by atoms with Crippen LogP contribution in [0.1, 0.15) is 36.7 Å². The van der Waals surface area contributed by atoms with Gasteiger partial charge in [-0.3, -0.25) is 4.79 Å². The van der Waals surface area contributed by atoms with E-state index in [1.54, 1.807) is 24.3 Å². The standard InChI is InChI=1S/C19H16Cl2N2O/c1-11(2)13-5-3-12(4-6-13)9-16(21)18-22-17-8-7-14(20)10-15(17)19(24)23-18/h3-11H,1-2H3,(H,22,23,24)/b16-9-. The highest BCUT2D eigenvalue weighted by molar-refractivity contribution is 6.50. The molecule has 0 amide bonds. The van der Waals surface area contributed by atoms with Crippen LogP contribution in [0.2, 0.25) is 5.02 Å². The van der Waals surface area contributed by atoms with Gasteiger partial charge in [0.25, 0.3) is 5.56 Å². The molecule has 1 N–H and O–H groups in total. The van der Waals surface area contributed by atoms with Crippen LogP contribution >= 0.6 is 23.2 Å². The van der Waals surface area contributed by atoms with E-state index in [-0.39, 0.29) is 5.56 Å². The first-order valence-corrected chi connectivity index (χ1v) is 8.37. The van der Waals surface area contributed by atoms with Gasteiger partial charge in [0.2, 0.25) is 0 Å². The van der Waals surface area contributed by atoms with Gasteiger partial charge in [0, 0.05) is 5.02 Å². The molecule has 0 atom stereocenters. The summed E-state index contributed by atoms with van der Waals surface area (Å²) < 4.78 is 0. The molecule has 0 spiro atoms. The third-order valence-corrected chi connectivity index (χ3v) is 4.31. The first-order valence-electron chi connectivity index (χ1n) is 7.61. The van der Waals surface area contributed by atoms with Crippen LogP contribution in [0, 0.1) is 0 Å². The van der Waals surface area contributed by atoms with Gasteiger partial charge in [-0.05, 0) is 41.3 Å². The lowest BCUT2D eigenvalue weighted by Gasteiger charge is -2.06. The molecule has 5 heteroatoms. The Labute approximate surface area is 150 Å². The second-order valence-corrected chi connectivity index (χ2v) is 6.73. The maximum absolute atomic E-state index is 12.2. The number of rotatable bonds is 3. The summed E-state index contributed by atoms with van der Waals surface area (Å²) in [6.45, 7) is 4.29. The molecule has 0 saturated carbocycles. The molecule has 1 heterocycles. The SMILES string of the molecule is CC(C)c1ccc(/C=C(\Cl)c2nc3ccc(Cl)cc3c(=O)[nH]2)cc1. The van der Waals surface area contributed by atoms with E-state index in [9.17, 15) is 4.79 Å². The van der Waals surface area contributed by atoms with E-state index in [0.717, 1.165) is 5.56 Å². The molecule has 0 unspecified atom stereocenters. The summed E-state index contributed by atoms with van der Waals surface area (Å²) in [6.07, 6.45) is 1.78. The highest BCUT2D eigenvalue weighted by Gasteiger charge is 2.08. The molecule has 2 aromatic carbocycles. The zero-order valence-electron chi connectivity index (χ0n) is 13.3. The summed E-state index contributed by atoms with van der Waals surface area (Å²) in [6, 6.07) is 13.1. The lowest BCUT2D eigenvalue weighted by atomic mass is 10.0. The number of aromatic amines is 1. The van der Waals surface area contributed by atoms with Crippen molar-refractivity contribution in [3.05, 3.63) is 74.8 Å². The zero-order chi connectivity index (χ0) is 17.3. The number of aromatic nitrogens is 2. The monoisotopic (exact) mass is 358 g/mol. The number of hydrogen-bond donors (Lipinski definition) is 1. The molecule has 0 saturated heterocycles. The number of nitrogens with one attached hydrogen (secondary N) is 1. The van der Waals surface area contributed by atoms with Crippen molar-refractivity contribution < 1.29 is 0 Å². The molecular formula is C19H16Cl2N2O. The van der Waals surface area contributed by atoms with Gasteiger partial charge in [0.05, 0.1) is 15.9 Å². The highest BCUT2D eigenvalue weighted by atomic mass is 35.5. The number of fused-ring (bicyclic) bond motifs is 1. The van der Waals surface area contributed by atoms with E-state index in [1.807, 2.05) is 12.1 Å². The second-order valence-electron chi connectivity index (χ2n) is 5.89. The zero-order valence-corrected chi connectivity index (χ0v) is 14.8. The van der Waals surface area contributed by atoms with E-state index in [1.165, 1.54) is 5.56 Å². The fraction of sp³-hybridized carbons (Fsp3) is 0.158. The van der Waals surface area contributed by atoms with Crippen LogP contribution in [0.25, 0.3) is 22.0 Å². The average Bonchev–Trinajstić information content (AvgIpc) is 2.55. The normalized spacial score (nSPS) is 12.1. The van der Waals surface area contributed by atoms with Crippen LogP contribution < -0.4 is 5.56 Å². The number of halogens is 2. The maximum Gasteiger partial charge on any atom is 0.259 e. The topological polar surface area (TPSA) is 45.8 Å². The average molecular weight is 359 g/mol. The van der Waals surface area contributed by atoms with Crippen molar-refractivity contribution >= 4 is 45.2 Å². The lowest BCUT2D eigenvalue weighted by Crippen LogP contribution is -2.10. The van der Waals surface area contributed by atoms with Crippen LogP contribution in [-0.4, -0.2) is 9.97 Å². The fourth-order valence-electron chi connectivity index (χ4n) is 2.42. The number of nitrogens with zero attached hydrogens (tertiary/aromatic N) is 1. The molecule has 3 rings (SSSR count). The number of H-pyrrole nitrogens is 1. The fourth-order valence-corrected chi connectivity index (χ4v) is 2.80. The van der Waals surface area contributed by atoms with E-state index >= 15 is 0 Å². The Morgan fingerprint density at radius 3 is 2.54 bits per heavy atom. The summed E-state index contributed by atoms with van der Waals surface area (Å²) in [4.78, 5) is 19.3. The smallest absolute Gasteiger partial charge is 0.259 e. The molecule has 0 aliphatic heterocycles. The predicted molar refractivity (Wildman–Crippen MR) is 102 cm³/mol. The third kappa shape index (κ3) is 3.53. The summed E-state index contributed by atoms with van der Waals surface area (Å²) in [5, 5.41) is 1.31. The van der Waals surface area contributed by atoms with E-state index in [2.05, 4.69) is 35.9 Å². The highest BCUT2D eigenvalue weighted by Crippen LogP contribution is 2.22. The van der Waals surface area contributed by atoms with Gasteiger partial charge in [0.1, 0.15) is 0 Å². The Morgan fingerprint density at radius 2 is 1.88 bits per heavy atom. The van der Waals surface area contributed by atoms with Crippen LogP contribution in [0.15, 0.2) is 47.3 Å². The molecule has 24 heavy (non-hydrogen) atoms. The van der Waals surface area contributed by atoms with Crippen LogP contribution in [0.4, 0.5) is 0 Å². The van der Waals surface area contributed by atoms with Crippen LogP contribution in [-0.2, 0) is 0 Å². The minimum atomic E-state index is -0.265. The molecule has 1 aromatic heterocycles. The van der Waals surface area contributed by atoms with Crippen molar-refractivity contribution in [2.24, 2.45) is 0 Å². The Morgan fingerprint density at radius 1 is 1.17 bits per heavy atom. The molecule has 0 aliphatic rings. The third-order valence-electron chi connectivity index (χ3n) is 3.79. The van der Waals surface area contributed by atoms with Crippen LogP contribution in [0.3, 0.4) is 0 Å². The van der Waals surface area contributed by atoms with Crippen LogP contribution in [0.5, 0.6) is 0 Å². The Kier molecular flexibility index (Phi) is 4.74. The van der Waals surface area contributed by atoms with Crippen molar-refractivity contribution in [1.29, 1.82) is 0 Å². The number of hydrogen-bond acceptors (Lipinski definition) is 2. The molecule has 0 fully saturated rings. The molecule has 0 radical (unpaired) electrons. The molecule has 3 aromatic rings. The molecular weight excluding hydrogens is 343 g/mol. The summed E-state index contributed by atoms with van der Waals surface area (Å²) >= 11 is 12.3. The van der Waals surface area contributed by atoms with Gasteiger partial charge in [-0.25, -0.2) is 4.98 Å². The molecule has 122 valence electrons. The number of benzene rings is 2. The van der Waals surface area contributed by atoms with Crippen molar-refractivity contribution in [1.82, 2.24) is 9.97 Å². The van der Waals surface area contributed by atoms with Gasteiger partial charge in [-0.15, -0.1) is 0 Å². The van der Waals surface area contributed by atoms with Crippen molar-refractivity contribution in [2.75, 3.05) is 0 Å². The molecule has 0 aliphatic carbocycles.